The number of carboxylic acid groups (broad SMARTS) is 1. The summed E-state index contributed by atoms with van der Waals surface area (Å²) in [6.45, 7) is 15.4. The van der Waals surface area contributed by atoms with Gasteiger partial charge in [-0.2, -0.15) is 0 Å². The number of carbonyl (C=O) groups is 1. The molecule has 0 aliphatic heterocycles. The van der Waals surface area contributed by atoms with Crippen LogP contribution in [0.3, 0.4) is 0 Å². The molecule has 0 aromatic carbocycles. The van der Waals surface area contributed by atoms with E-state index in [0.717, 1.165) is 24.8 Å². The number of hydrogen-bond acceptors (Lipinski definition) is 1. The molecule has 2 saturated carbocycles. The van der Waals surface area contributed by atoms with Gasteiger partial charge in [-0.3, -0.25) is 0 Å². The van der Waals surface area contributed by atoms with Gasteiger partial charge in [-0.1, -0.05) is 43.7 Å². The van der Waals surface area contributed by atoms with Gasteiger partial charge in [-0.05, 0) is 68.6 Å². The molecule has 4 atom stereocenters. The Hall–Kier alpha value is -1.31. The molecule has 2 rings (SSSR count). The minimum absolute atomic E-state index is 0.266. The molecule has 2 fully saturated rings. The number of fused-ring (bicyclic) bond motifs is 1. The molecular weight excluding hydrogens is 272 g/mol. The zero-order valence-electron chi connectivity index (χ0n) is 14.3. The van der Waals surface area contributed by atoms with Crippen molar-refractivity contribution in [3.05, 3.63) is 36.0 Å². The van der Waals surface area contributed by atoms with Gasteiger partial charge in [0.2, 0.25) is 0 Å². The highest BCUT2D eigenvalue weighted by Crippen LogP contribution is 2.58. The fourth-order valence-electron chi connectivity index (χ4n) is 4.75. The molecule has 2 heteroatoms. The zero-order valence-corrected chi connectivity index (χ0v) is 14.3. The van der Waals surface area contributed by atoms with Gasteiger partial charge < -0.3 is 5.11 Å². The van der Waals surface area contributed by atoms with Crippen LogP contribution < -0.4 is 0 Å². The lowest BCUT2D eigenvalue weighted by atomic mass is 9.51. The summed E-state index contributed by atoms with van der Waals surface area (Å²) < 4.78 is 0. The van der Waals surface area contributed by atoms with Crippen molar-refractivity contribution in [2.45, 2.75) is 59.3 Å². The van der Waals surface area contributed by atoms with E-state index in [1.807, 2.05) is 6.92 Å². The summed E-state index contributed by atoms with van der Waals surface area (Å²) in [5.41, 5.74) is 4.02. The Morgan fingerprint density at radius 3 is 2.73 bits per heavy atom. The fraction of sp³-hybridized carbons (Fsp3) is 0.650. The van der Waals surface area contributed by atoms with Crippen molar-refractivity contribution in [2.24, 2.45) is 23.2 Å². The van der Waals surface area contributed by atoms with Gasteiger partial charge in [0.05, 0.1) is 0 Å². The number of rotatable bonds is 4. The number of carboxylic acids is 1. The van der Waals surface area contributed by atoms with Crippen LogP contribution in [0, 0.1) is 23.2 Å². The molecule has 0 aromatic rings. The Morgan fingerprint density at radius 2 is 2.09 bits per heavy atom. The van der Waals surface area contributed by atoms with E-state index < -0.39 is 5.97 Å². The van der Waals surface area contributed by atoms with Crippen molar-refractivity contribution in [3.63, 3.8) is 0 Å². The predicted molar refractivity (Wildman–Crippen MR) is 91.6 cm³/mol. The van der Waals surface area contributed by atoms with E-state index in [9.17, 15) is 4.79 Å². The van der Waals surface area contributed by atoms with Gasteiger partial charge in [0.25, 0.3) is 0 Å². The first-order chi connectivity index (χ1) is 10.3. The molecule has 122 valence electrons. The fourth-order valence-corrected chi connectivity index (χ4v) is 4.75. The van der Waals surface area contributed by atoms with Crippen LogP contribution >= 0.6 is 0 Å². The molecule has 0 saturated heterocycles. The van der Waals surface area contributed by atoms with Gasteiger partial charge >= 0.3 is 5.97 Å². The monoisotopic (exact) mass is 302 g/mol. The molecule has 2 nitrogen and oxygen atoms in total. The summed E-state index contributed by atoms with van der Waals surface area (Å²) in [5, 5.41) is 8.87. The van der Waals surface area contributed by atoms with E-state index in [4.69, 9.17) is 5.11 Å². The highest BCUT2D eigenvalue weighted by molar-refractivity contribution is 5.80. The molecule has 2 aliphatic rings. The average Bonchev–Trinajstić information content (AvgIpc) is 2.42. The molecule has 22 heavy (non-hydrogen) atoms. The number of allylic oxidation sites excluding steroid dienone is 3. The maximum atomic E-state index is 10.8. The van der Waals surface area contributed by atoms with Crippen molar-refractivity contribution in [3.8, 4) is 0 Å². The quantitative estimate of drug-likeness (QED) is 0.559. The van der Waals surface area contributed by atoms with Gasteiger partial charge in [-0.15, -0.1) is 0 Å². The average molecular weight is 302 g/mol. The largest absolute Gasteiger partial charge is 0.478 e. The molecule has 0 radical (unpaired) electrons. The standard InChI is InChI=1S/C20H30O2/c1-13(12-19(21)22)6-8-17-15(3)7-9-18-16(4)14(2)10-11-20(17,18)5/h12,14,17-18H,3-4,6-11H2,1-2,5H3,(H,21,22). The molecule has 1 N–H and O–H groups in total. The van der Waals surface area contributed by atoms with Crippen LogP contribution in [0.5, 0.6) is 0 Å². The van der Waals surface area contributed by atoms with Crippen LogP contribution in [0.15, 0.2) is 36.0 Å². The minimum Gasteiger partial charge on any atom is -0.478 e. The first-order valence-electron chi connectivity index (χ1n) is 8.52. The summed E-state index contributed by atoms with van der Waals surface area (Å²) in [6, 6.07) is 0. The first-order valence-corrected chi connectivity index (χ1v) is 8.52. The van der Waals surface area contributed by atoms with E-state index in [2.05, 4.69) is 27.0 Å². The minimum atomic E-state index is -0.844. The molecule has 0 spiro atoms. The summed E-state index contributed by atoms with van der Waals surface area (Å²) in [4.78, 5) is 10.8. The predicted octanol–water partition coefficient (Wildman–Crippen LogP) is 5.37. The molecule has 0 bridgehead atoms. The van der Waals surface area contributed by atoms with Crippen molar-refractivity contribution >= 4 is 5.97 Å². The highest BCUT2D eigenvalue weighted by Gasteiger charge is 2.48. The van der Waals surface area contributed by atoms with Crippen LogP contribution in [0.4, 0.5) is 0 Å². The summed E-state index contributed by atoms with van der Waals surface area (Å²) in [6.07, 6.45) is 7.96. The van der Waals surface area contributed by atoms with Gasteiger partial charge in [0.15, 0.2) is 0 Å². The normalized spacial score (nSPS) is 36.1. The maximum Gasteiger partial charge on any atom is 0.328 e. The second-order valence-corrected chi connectivity index (χ2v) is 7.69. The molecule has 2 aliphatic carbocycles. The van der Waals surface area contributed by atoms with Crippen molar-refractivity contribution in [1.82, 2.24) is 0 Å². The van der Waals surface area contributed by atoms with E-state index in [-0.39, 0.29) is 5.41 Å². The Kier molecular flexibility index (Phi) is 4.99. The van der Waals surface area contributed by atoms with Crippen LogP contribution in [-0.2, 0) is 4.79 Å². The Labute approximate surface area is 135 Å². The first kappa shape index (κ1) is 17.1. The van der Waals surface area contributed by atoms with Crippen LogP contribution in [-0.4, -0.2) is 11.1 Å². The number of aliphatic carboxylic acids is 1. The van der Waals surface area contributed by atoms with Crippen LogP contribution in [0.1, 0.15) is 59.3 Å². The smallest absolute Gasteiger partial charge is 0.328 e. The van der Waals surface area contributed by atoms with Crippen molar-refractivity contribution in [2.75, 3.05) is 0 Å². The van der Waals surface area contributed by atoms with E-state index in [1.54, 1.807) is 0 Å². The van der Waals surface area contributed by atoms with Gasteiger partial charge in [0, 0.05) is 6.08 Å². The van der Waals surface area contributed by atoms with E-state index in [0.29, 0.717) is 17.8 Å². The topological polar surface area (TPSA) is 37.3 Å². The summed E-state index contributed by atoms with van der Waals surface area (Å²) >= 11 is 0. The van der Waals surface area contributed by atoms with Crippen molar-refractivity contribution in [1.29, 1.82) is 0 Å². The Bertz CT molecular complexity index is 514. The third-order valence-corrected chi connectivity index (χ3v) is 6.23. The van der Waals surface area contributed by atoms with Crippen molar-refractivity contribution < 1.29 is 9.90 Å². The third-order valence-electron chi connectivity index (χ3n) is 6.23. The van der Waals surface area contributed by atoms with Crippen LogP contribution in [0.25, 0.3) is 0 Å². The molecule has 0 amide bonds. The molecular formula is C20H30O2. The van der Waals surface area contributed by atoms with E-state index >= 15 is 0 Å². The SMILES string of the molecule is C=C1CCC2C(=C)C(C)CCC2(C)C1CCC(C)=CC(=O)O. The highest BCUT2D eigenvalue weighted by atomic mass is 16.4. The lowest BCUT2D eigenvalue weighted by Crippen LogP contribution is -2.44. The summed E-state index contributed by atoms with van der Waals surface area (Å²) in [7, 11) is 0. The summed E-state index contributed by atoms with van der Waals surface area (Å²) in [5.74, 6) is 0.894. The van der Waals surface area contributed by atoms with Gasteiger partial charge in [0.1, 0.15) is 0 Å². The maximum absolute atomic E-state index is 10.8. The Balaban J connectivity index is 2.16. The zero-order chi connectivity index (χ0) is 16.5. The third kappa shape index (κ3) is 3.21. The molecule has 0 aromatic heterocycles. The second-order valence-electron chi connectivity index (χ2n) is 7.69. The lowest BCUT2D eigenvalue weighted by Gasteiger charge is -2.54. The molecule has 4 unspecified atom stereocenters. The van der Waals surface area contributed by atoms with E-state index in [1.165, 1.54) is 36.5 Å². The Morgan fingerprint density at radius 1 is 1.41 bits per heavy atom. The van der Waals surface area contributed by atoms with Gasteiger partial charge in [-0.25, -0.2) is 4.79 Å². The number of hydrogen-bond donors (Lipinski definition) is 1. The molecule has 0 heterocycles. The lowest BCUT2D eigenvalue weighted by molar-refractivity contribution is -0.131. The second kappa shape index (κ2) is 6.44. The van der Waals surface area contributed by atoms with Crippen LogP contribution in [0.2, 0.25) is 0 Å².